The zero-order valence-electron chi connectivity index (χ0n) is 12.3. The standard InChI is InChI=1S/C15H19N3O2S/c1-4-17-14-7-8-16-10-15(14)21(19,20)18-13-6-5-11(2)9-12(13)3/h5-10,18H,4H2,1-3H3,(H,16,17). The van der Waals surface area contributed by atoms with E-state index in [0.29, 0.717) is 17.9 Å². The van der Waals surface area contributed by atoms with Crippen molar-refractivity contribution in [2.75, 3.05) is 16.6 Å². The Morgan fingerprint density at radius 2 is 1.90 bits per heavy atom. The van der Waals surface area contributed by atoms with Gasteiger partial charge >= 0.3 is 0 Å². The van der Waals surface area contributed by atoms with E-state index in [4.69, 9.17) is 0 Å². The quantitative estimate of drug-likeness (QED) is 0.891. The number of pyridine rings is 1. The molecule has 0 spiro atoms. The van der Waals surface area contributed by atoms with Crippen molar-refractivity contribution in [3.8, 4) is 0 Å². The lowest BCUT2D eigenvalue weighted by atomic mass is 10.1. The molecule has 6 heteroatoms. The molecule has 2 N–H and O–H groups in total. The molecule has 5 nitrogen and oxygen atoms in total. The van der Waals surface area contributed by atoms with E-state index in [2.05, 4.69) is 15.0 Å². The lowest BCUT2D eigenvalue weighted by Gasteiger charge is -2.14. The van der Waals surface area contributed by atoms with Crippen LogP contribution in [0.4, 0.5) is 11.4 Å². The minimum absolute atomic E-state index is 0.145. The number of hydrogen-bond donors (Lipinski definition) is 2. The van der Waals surface area contributed by atoms with Crippen molar-refractivity contribution in [3.63, 3.8) is 0 Å². The van der Waals surface area contributed by atoms with Gasteiger partial charge in [0, 0.05) is 18.9 Å². The third-order valence-electron chi connectivity index (χ3n) is 3.07. The zero-order valence-corrected chi connectivity index (χ0v) is 13.2. The van der Waals surface area contributed by atoms with Crippen LogP contribution in [0.2, 0.25) is 0 Å². The summed E-state index contributed by atoms with van der Waals surface area (Å²) in [6.07, 6.45) is 2.91. The first-order valence-corrected chi connectivity index (χ1v) is 8.20. The van der Waals surface area contributed by atoms with Gasteiger partial charge in [-0.2, -0.15) is 0 Å². The van der Waals surface area contributed by atoms with E-state index in [1.165, 1.54) is 6.20 Å². The van der Waals surface area contributed by atoms with Gasteiger partial charge in [0.1, 0.15) is 4.90 Å². The van der Waals surface area contributed by atoms with E-state index in [1.807, 2.05) is 32.9 Å². The molecule has 2 rings (SSSR count). The Bertz CT molecular complexity index is 742. The first-order chi connectivity index (χ1) is 9.94. The van der Waals surface area contributed by atoms with E-state index in [9.17, 15) is 8.42 Å². The average Bonchev–Trinajstić information content (AvgIpc) is 2.43. The van der Waals surface area contributed by atoms with Gasteiger partial charge in [-0.3, -0.25) is 9.71 Å². The van der Waals surface area contributed by atoms with Crippen molar-refractivity contribution in [1.82, 2.24) is 4.98 Å². The number of aromatic nitrogens is 1. The number of hydrogen-bond acceptors (Lipinski definition) is 4. The van der Waals surface area contributed by atoms with Gasteiger partial charge in [-0.1, -0.05) is 17.7 Å². The molecule has 0 aliphatic rings. The van der Waals surface area contributed by atoms with Crippen molar-refractivity contribution >= 4 is 21.4 Å². The predicted octanol–water partition coefficient (Wildman–Crippen LogP) is 2.93. The summed E-state index contributed by atoms with van der Waals surface area (Å²) in [7, 11) is -3.68. The summed E-state index contributed by atoms with van der Waals surface area (Å²) in [5.74, 6) is 0. The van der Waals surface area contributed by atoms with E-state index < -0.39 is 10.0 Å². The van der Waals surface area contributed by atoms with E-state index in [1.54, 1.807) is 18.3 Å². The molecule has 0 unspecified atom stereocenters. The smallest absolute Gasteiger partial charge is 0.265 e. The van der Waals surface area contributed by atoms with Gasteiger partial charge in [-0.25, -0.2) is 8.42 Å². The Hall–Kier alpha value is -2.08. The van der Waals surface area contributed by atoms with Crippen LogP contribution >= 0.6 is 0 Å². The second kappa shape index (κ2) is 6.13. The van der Waals surface area contributed by atoms with Crippen molar-refractivity contribution < 1.29 is 8.42 Å². The molecule has 0 atom stereocenters. The Balaban J connectivity index is 2.39. The van der Waals surface area contributed by atoms with Crippen molar-refractivity contribution in [2.24, 2.45) is 0 Å². The summed E-state index contributed by atoms with van der Waals surface area (Å²) >= 11 is 0. The van der Waals surface area contributed by atoms with Gasteiger partial charge in [0.15, 0.2) is 0 Å². The summed E-state index contributed by atoms with van der Waals surface area (Å²) < 4.78 is 27.7. The summed E-state index contributed by atoms with van der Waals surface area (Å²) in [5, 5.41) is 3.03. The number of aryl methyl sites for hydroxylation is 2. The highest BCUT2D eigenvalue weighted by molar-refractivity contribution is 7.92. The van der Waals surface area contributed by atoms with Crippen LogP contribution in [0, 0.1) is 13.8 Å². The number of sulfonamides is 1. The normalized spacial score (nSPS) is 11.2. The zero-order chi connectivity index (χ0) is 15.5. The van der Waals surface area contributed by atoms with Crippen LogP contribution in [0.15, 0.2) is 41.6 Å². The highest BCUT2D eigenvalue weighted by atomic mass is 32.2. The van der Waals surface area contributed by atoms with Crippen LogP contribution in [0.5, 0.6) is 0 Å². The summed E-state index contributed by atoms with van der Waals surface area (Å²) in [4.78, 5) is 4.06. The molecule has 0 fully saturated rings. The molecule has 0 saturated carbocycles. The lowest BCUT2D eigenvalue weighted by molar-refractivity contribution is 0.601. The van der Waals surface area contributed by atoms with Crippen LogP contribution < -0.4 is 10.0 Å². The van der Waals surface area contributed by atoms with Crippen molar-refractivity contribution in [1.29, 1.82) is 0 Å². The monoisotopic (exact) mass is 305 g/mol. The molecule has 21 heavy (non-hydrogen) atoms. The molecule has 1 aromatic heterocycles. The van der Waals surface area contributed by atoms with Gasteiger partial charge in [0.2, 0.25) is 0 Å². The van der Waals surface area contributed by atoms with Gasteiger partial charge in [-0.15, -0.1) is 0 Å². The van der Waals surface area contributed by atoms with Crippen LogP contribution in [0.1, 0.15) is 18.1 Å². The lowest BCUT2D eigenvalue weighted by Crippen LogP contribution is -2.16. The molecule has 0 aliphatic carbocycles. The molecule has 1 heterocycles. The van der Waals surface area contributed by atoms with Crippen LogP contribution in [-0.4, -0.2) is 19.9 Å². The largest absolute Gasteiger partial charge is 0.384 e. The third kappa shape index (κ3) is 3.52. The van der Waals surface area contributed by atoms with Crippen LogP contribution in [0.3, 0.4) is 0 Å². The van der Waals surface area contributed by atoms with Crippen LogP contribution in [0.25, 0.3) is 0 Å². The van der Waals surface area contributed by atoms with Gasteiger partial charge in [-0.05, 0) is 38.5 Å². The molecule has 0 aliphatic heterocycles. The number of nitrogens with one attached hydrogen (secondary N) is 2. The molecular formula is C15H19N3O2S. The van der Waals surface area contributed by atoms with Crippen molar-refractivity contribution in [3.05, 3.63) is 47.8 Å². The van der Waals surface area contributed by atoms with Crippen LogP contribution in [-0.2, 0) is 10.0 Å². The third-order valence-corrected chi connectivity index (χ3v) is 4.46. The summed E-state index contributed by atoms with van der Waals surface area (Å²) in [6.45, 7) is 6.39. The average molecular weight is 305 g/mol. The maximum atomic E-state index is 12.5. The van der Waals surface area contributed by atoms with Crippen molar-refractivity contribution in [2.45, 2.75) is 25.7 Å². The number of nitrogens with zero attached hydrogens (tertiary/aromatic N) is 1. The van der Waals surface area contributed by atoms with Gasteiger partial charge < -0.3 is 5.32 Å². The molecule has 0 saturated heterocycles. The molecule has 0 bridgehead atoms. The minimum atomic E-state index is -3.68. The highest BCUT2D eigenvalue weighted by Crippen LogP contribution is 2.24. The Morgan fingerprint density at radius 1 is 1.14 bits per heavy atom. The molecule has 0 amide bonds. The van der Waals surface area contributed by atoms with E-state index >= 15 is 0 Å². The minimum Gasteiger partial charge on any atom is -0.384 e. The molecule has 0 radical (unpaired) electrons. The Kier molecular flexibility index (Phi) is 4.47. The Labute approximate surface area is 125 Å². The fourth-order valence-electron chi connectivity index (χ4n) is 2.06. The van der Waals surface area contributed by atoms with E-state index in [0.717, 1.165) is 11.1 Å². The first kappa shape index (κ1) is 15.3. The van der Waals surface area contributed by atoms with Gasteiger partial charge in [0.25, 0.3) is 10.0 Å². The van der Waals surface area contributed by atoms with E-state index in [-0.39, 0.29) is 4.90 Å². The maximum absolute atomic E-state index is 12.5. The second-order valence-corrected chi connectivity index (χ2v) is 6.48. The number of rotatable bonds is 5. The van der Waals surface area contributed by atoms with Gasteiger partial charge in [0.05, 0.1) is 11.4 Å². The molecule has 2 aromatic rings. The maximum Gasteiger partial charge on any atom is 0.265 e. The highest BCUT2D eigenvalue weighted by Gasteiger charge is 2.19. The fourth-order valence-corrected chi connectivity index (χ4v) is 3.32. The first-order valence-electron chi connectivity index (χ1n) is 6.72. The Morgan fingerprint density at radius 3 is 2.57 bits per heavy atom. The second-order valence-electron chi connectivity index (χ2n) is 4.83. The topological polar surface area (TPSA) is 71.1 Å². The molecule has 112 valence electrons. The molecule has 1 aromatic carbocycles. The summed E-state index contributed by atoms with van der Waals surface area (Å²) in [6, 6.07) is 7.23. The molecular weight excluding hydrogens is 286 g/mol. The number of anilines is 2. The number of benzene rings is 1. The summed E-state index contributed by atoms with van der Waals surface area (Å²) in [5.41, 5.74) is 3.09. The predicted molar refractivity (Wildman–Crippen MR) is 85.1 cm³/mol. The SMILES string of the molecule is CCNc1ccncc1S(=O)(=O)Nc1ccc(C)cc1C. The fraction of sp³-hybridized carbons (Fsp3) is 0.267.